The molecule has 2 atom stereocenters. The van der Waals surface area contributed by atoms with Crippen LogP contribution in [0.15, 0.2) is 0 Å². The van der Waals surface area contributed by atoms with Gasteiger partial charge >= 0.3 is 8.80 Å². The van der Waals surface area contributed by atoms with Gasteiger partial charge in [-0.3, -0.25) is 0 Å². The highest BCUT2D eigenvalue weighted by molar-refractivity contribution is 6.60. The van der Waals surface area contributed by atoms with Crippen LogP contribution in [0.4, 0.5) is 0 Å². The fourth-order valence-electron chi connectivity index (χ4n) is 3.64. The molecule has 0 rings (SSSR count). The van der Waals surface area contributed by atoms with Crippen LogP contribution in [0.1, 0.15) is 126 Å². The molecule has 4 heteroatoms. The highest BCUT2D eigenvalue weighted by Gasteiger charge is 2.45. The summed E-state index contributed by atoms with van der Waals surface area (Å²) < 4.78 is 20.1. The molecule has 0 aromatic heterocycles. The predicted molar refractivity (Wildman–Crippen MR) is 129 cm³/mol. The Labute approximate surface area is 185 Å². The van der Waals surface area contributed by atoms with E-state index in [4.69, 9.17) is 13.3 Å². The highest BCUT2D eigenvalue weighted by atomic mass is 28.4. The molecule has 0 bridgehead atoms. The van der Waals surface area contributed by atoms with Crippen LogP contribution >= 0.6 is 0 Å². The Morgan fingerprint density at radius 3 is 1.45 bits per heavy atom. The predicted octanol–water partition coefficient (Wildman–Crippen LogP) is 8.40. The summed E-state index contributed by atoms with van der Waals surface area (Å²) in [6, 6.07) is 0.951. The van der Waals surface area contributed by atoms with Gasteiger partial charge < -0.3 is 13.3 Å². The van der Waals surface area contributed by atoms with Crippen LogP contribution in [-0.4, -0.2) is 27.6 Å². The van der Waals surface area contributed by atoms with Crippen LogP contribution in [0.3, 0.4) is 0 Å². The van der Waals surface area contributed by atoms with Crippen LogP contribution in [0.25, 0.3) is 0 Å². The normalized spacial score (nSPS) is 16.6. The summed E-state index contributed by atoms with van der Waals surface area (Å²) in [7, 11) is -2.70. The van der Waals surface area contributed by atoms with Gasteiger partial charge in [0.25, 0.3) is 0 Å². The summed E-state index contributed by atoms with van der Waals surface area (Å²) in [5.74, 6) is 1.23. The lowest BCUT2D eigenvalue weighted by Gasteiger charge is -2.37. The molecule has 3 nitrogen and oxygen atoms in total. The molecule has 0 aromatic carbocycles. The third-order valence-electron chi connectivity index (χ3n) is 5.71. The summed E-state index contributed by atoms with van der Waals surface area (Å²) in [5.41, 5.74) is -0.241. The van der Waals surface area contributed by atoms with Gasteiger partial charge in [-0.15, -0.1) is 0 Å². The molecule has 0 heterocycles. The smallest absolute Gasteiger partial charge is 0.373 e. The zero-order chi connectivity index (χ0) is 22.2. The molecule has 29 heavy (non-hydrogen) atoms. The van der Waals surface area contributed by atoms with Gasteiger partial charge in [-0.05, 0) is 51.9 Å². The molecule has 0 amide bonds. The molecule has 0 N–H and O–H groups in total. The molecule has 0 fully saturated rings. The second-order valence-corrected chi connectivity index (χ2v) is 12.5. The zero-order valence-corrected chi connectivity index (χ0v) is 22.3. The molecule has 0 radical (unpaired) electrons. The van der Waals surface area contributed by atoms with E-state index in [-0.39, 0.29) is 5.60 Å². The second kappa shape index (κ2) is 16.7. The highest BCUT2D eigenvalue weighted by Crippen LogP contribution is 2.29. The van der Waals surface area contributed by atoms with Gasteiger partial charge in [-0.1, -0.05) is 86.0 Å². The Balaban J connectivity index is 5.31. The van der Waals surface area contributed by atoms with E-state index in [9.17, 15) is 0 Å². The van der Waals surface area contributed by atoms with Gasteiger partial charge in [-0.2, -0.15) is 0 Å². The van der Waals surface area contributed by atoms with E-state index in [0.29, 0.717) is 11.8 Å². The second-order valence-electron chi connectivity index (χ2n) is 9.81. The van der Waals surface area contributed by atoms with E-state index in [2.05, 4.69) is 55.4 Å². The van der Waals surface area contributed by atoms with Gasteiger partial charge in [0.05, 0.1) is 5.60 Å². The summed E-state index contributed by atoms with van der Waals surface area (Å²) in [6.07, 6.45) is 13.5. The fourth-order valence-corrected chi connectivity index (χ4v) is 6.83. The zero-order valence-electron chi connectivity index (χ0n) is 21.3. The first-order valence-corrected chi connectivity index (χ1v) is 14.7. The lowest BCUT2D eigenvalue weighted by atomic mass is 10.0. The lowest BCUT2D eigenvalue weighted by Crippen LogP contribution is -2.52. The first-order valence-electron chi connectivity index (χ1n) is 12.7. The number of hydrogen-bond donors (Lipinski definition) is 0. The van der Waals surface area contributed by atoms with Crippen molar-refractivity contribution in [1.29, 1.82) is 0 Å². The average molecular weight is 431 g/mol. The summed E-state index contributed by atoms with van der Waals surface area (Å²) in [6.45, 7) is 19.4. The van der Waals surface area contributed by atoms with Crippen molar-refractivity contribution in [2.75, 3.05) is 13.2 Å². The summed E-state index contributed by atoms with van der Waals surface area (Å²) >= 11 is 0. The Hall–Kier alpha value is 0.0969. The largest absolute Gasteiger partial charge is 0.501 e. The van der Waals surface area contributed by atoms with Crippen LogP contribution in [-0.2, 0) is 13.3 Å². The van der Waals surface area contributed by atoms with Gasteiger partial charge in [0, 0.05) is 19.3 Å². The lowest BCUT2D eigenvalue weighted by molar-refractivity contribution is -0.0185. The molecule has 0 spiro atoms. The minimum absolute atomic E-state index is 0.241. The number of unbranched alkanes of at least 4 members (excludes halogenated alkanes) is 4. The molecule has 2 unspecified atom stereocenters. The third kappa shape index (κ3) is 14.7. The topological polar surface area (TPSA) is 27.7 Å². The van der Waals surface area contributed by atoms with Crippen molar-refractivity contribution >= 4 is 8.80 Å². The van der Waals surface area contributed by atoms with Crippen LogP contribution < -0.4 is 0 Å². The maximum absolute atomic E-state index is 6.70. The molecule has 0 aliphatic rings. The summed E-state index contributed by atoms with van der Waals surface area (Å²) in [4.78, 5) is 0. The maximum atomic E-state index is 6.70. The van der Waals surface area contributed by atoms with E-state index in [1.165, 1.54) is 64.2 Å². The van der Waals surface area contributed by atoms with Crippen LogP contribution in [0.5, 0.6) is 0 Å². The maximum Gasteiger partial charge on any atom is 0.501 e. The van der Waals surface area contributed by atoms with E-state index >= 15 is 0 Å². The van der Waals surface area contributed by atoms with E-state index < -0.39 is 8.80 Å². The molecular formula is C25H54O3Si. The Morgan fingerprint density at radius 1 is 0.655 bits per heavy atom. The third-order valence-corrected chi connectivity index (χ3v) is 8.81. The van der Waals surface area contributed by atoms with Crippen LogP contribution in [0.2, 0.25) is 6.04 Å². The first kappa shape index (κ1) is 29.1. The van der Waals surface area contributed by atoms with E-state index in [0.717, 1.165) is 25.7 Å². The molecule has 0 aliphatic heterocycles. The minimum atomic E-state index is -2.70. The van der Waals surface area contributed by atoms with Gasteiger partial charge in [0.15, 0.2) is 0 Å². The molecule has 0 aliphatic carbocycles. The molecule has 0 aromatic rings. The van der Waals surface area contributed by atoms with Crippen LogP contribution in [0, 0.1) is 11.8 Å². The van der Waals surface area contributed by atoms with Gasteiger partial charge in [-0.25, -0.2) is 0 Å². The molecule has 176 valence electrons. The number of rotatable bonds is 19. The minimum Gasteiger partial charge on any atom is -0.373 e. The van der Waals surface area contributed by atoms with Crippen molar-refractivity contribution in [3.8, 4) is 0 Å². The van der Waals surface area contributed by atoms with Crippen molar-refractivity contribution in [2.24, 2.45) is 11.8 Å². The standard InChI is InChI=1S/C25H54O3Si/c1-9-14-17-20-29(28-25(6,7)8,26-21-23(12-4)18-15-10-2)27-22-24(13-5)19-16-11-3/h23-24H,9-22H2,1-8H3. The number of hydrogen-bond acceptors (Lipinski definition) is 3. The van der Waals surface area contributed by atoms with Gasteiger partial charge in [0.2, 0.25) is 0 Å². The molecular weight excluding hydrogens is 376 g/mol. The Bertz CT molecular complexity index is 348. The van der Waals surface area contributed by atoms with E-state index in [1.807, 2.05) is 0 Å². The first-order chi connectivity index (χ1) is 13.8. The van der Waals surface area contributed by atoms with Crippen molar-refractivity contribution in [3.63, 3.8) is 0 Å². The SMILES string of the molecule is CCCCC[Si](OCC(CC)CCCC)(OCC(CC)CCCC)OC(C)(C)C. The summed E-state index contributed by atoms with van der Waals surface area (Å²) in [5, 5.41) is 0. The Morgan fingerprint density at radius 2 is 1.10 bits per heavy atom. The van der Waals surface area contributed by atoms with Crippen molar-refractivity contribution in [3.05, 3.63) is 0 Å². The van der Waals surface area contributed by atoms with Crippen molar-refractivity contribution in [2.45, 2.75) is 138 Å². The van der Waals surface area contributed by atoms with Crippen molar-refractivity contribution < 1.29 is 13.3 Å². The van der Waals surface area contributed by atoms with Crippen molar-refractivity contribution in [1.82, 2.24) is 0 Å². The molecule has 0 saturated carbocycles. The Kier molecular flexibility index (Phi) is 16.8. The molecule has 0 saturated heterocycles. The van der Waals surface area contributed by atoms with E-state index in [1.54, 1.807) is 0 Å². The quantitative estimate of drug-likeness (QED) is 0.152. The monoisotopic (exact) mass is 430 g/mol. The average Bonchev–Trinajstić information content (AvgIpc) is 2.67. The fraction of sp³-hybridized carbons (Fsp3) is 1.00. The van der Waals surface area contributed by atoms with Gasteiger partial charge in [0.1, 0.15) is 0 Å².